The van der Waals surface area contributed by atoms with Gasteiger partial charge in [0.2, 0.25) is 0 Å². The number of carbonyl (C=O) groups excluding carboxylic acids is 1. The molecule has 0 radical (unpaired) electrons. The van der Waals surface area contributed by atoms with Gasteiger partial charge in [0.05, 0.1) is 24.4 Å². The fourth-order valence-corrected chi connectivity index (χ4v) is 3.30. The Kier molecular flexibility index (Phi) is 4.60. The summed E-state index contributed by atoms with van der Waals surface area (Å²) in [6, 6.07) is 8.30. The van der Waals surface area contributed by atoms with Crippen LogP contribution in [0.1, 0.15) is 28.6 Å². The number of nitrogens with zero attached hydrogens (tertiary/aromatic N) is 3. The molecule has 0 spiro atoms. The third-order valence-corrected chi connectivity index (χ3v) is 4.68. The molecule has 1 amide bonds. The number of rotatable bonds is 4. The van der Waals surface area contributed by atoms with E-state index in [0.29, 0.717) is 24.5 Å². The standard InChI is InChI=1S/C20H17FN4O3/c1-28-17-10-13(21)2-3-14(17)20(27)24-15-6-9-25-18(26)11-16(23-19(15)25)12-4-7-22-8-5-12/h2-5,7-8,10-11,15H,6,9H2,1H3,(H,24,27). The highest BCUT2D eigenvalue weighted by molar-refractivity contribution is 5.97. The summed E-state index contributed by atoms with van der Waals surface area (Å²) >= 11 is 0. The Hall–Kier alpha value is -3.55. The zero-order valence-corrected chi connectivity index (χ0v) is 15.1. The number of fused-ring (bicyclic) bond motifs is 1. The van der Waals surface area contributed by atoms with Crippen molar-refractivity contribution in [2.45, 2.75) is 19.0 Å². The molecular weight excluding hydrogens is 363 g/mol. The quantitative estimate of drug-likeness (QED) is 0.751. The van der Waals surface area contributed by atoms with E-state index in [1.807, 2.05) is 0 Å². The van der Waals surface area contributed by atoms with E-state index in [0.717, 1.165) is 11.6 Å². The van der Waals surface area contributed by atoms with E-state index in [1.54, 1.807) is 29.1 Å². The van der Waals surface area contributed by atoms with Crippen LogP contribution in [0.4, 0.5) is 4.39 Å². The predicted molar refractivity (Wildman–Crippen MR) is 99.5 cm³/mol. The van der Waals surface area contributed by atoms with Gasteiger partial charge in [-0.3, -0.25) is 19.1 Å². The lowest BCUT2D eigenvalue weighted by Gasteiger charge is -2.15. The number of pyridine rings is 1. The molecule has 1 aliphatic rings. The average Bonchev–Trinajstić information content (AvgIpc) is 3.11. The molecule has 4 rings (SSSR count). The van der Waals surface area contributed by atoms with Crippen LogP contribution < -0.4 is 15.6 Å². The number of nitrogens with one attached hydrogen (secondary N) is 1. The summed E-state index contributed by atoms with van der Waals surface area (Å²) in [6.07, 6.45) is 3.79. The predicted octanol–water partition coefficient (Wildman–Crippen LogP) is 2.33. The molecular formula is C20H17FN4O3. The highest BCUT2D eigenvalue weighted by Gasteiger charge is 2.28. The van der Waals surface area contributed by atoms with Gasteiger partial charge >= 0.3 is 0 Å². The number of amides is 1. The lowest BCUT2D eigenvalue weighted by atomic mass is 10.1. The molecule has 0 fully saturated rings. The molecule has 0 bridgehead atoms. The number of hydrogen-bond donors (Lipinski definition) is 1. The fourth-order valence-electron chi connectivity index (χ4n) is 3.30. The molecule has 0 aliphatic carbocycles. The van der Waals surface area contributed by atoms with Gasteiger partial charge in [-0.25, -0.2) is 9.37 Å². The Balaban J connectivity index is 1.65. The van der Waals surface area contributed by atoms with E-state index in [1.165, 1.54) is 25.3 Å². The molecule has 8 heteroatoms. The molecule has 3 aromatic rings. The second kappa shape index (κ2) is 7.22. The first-order valence-electron chi connectivity index (χ1n) is 8.73. The van der Waals surface area contributed by atoms with E-state index in [2.05, 4.69) is 15.3 Å². The van der Waals surface area contributed by atoms with Crippen LogP contribution in [0.15, 0.2) is 53.6 Å². The minimum atomic E-state index is -0.491. The van der Waals surface area contributed by atoms with Gasteiger partial charge in [-0.1, -0.05) is 0 Å². The van der Waals surface area contributed by atoms with Crippen molar-refractivity contribution in [3.8, 4) is 17.0 Å². The molecule has 1 aromatic carbocycles. The molecule has 28 heavy (non-hydrogen) atoms. The topological polar surface area (TPSA) is 86.1 Å². The number of carbonyl (C=O) groups is 1. The highest BCUT2D eigenvalue weighted by atomic mass is 19.1. The number of methoxy groups -OCH3 is 1. The van der Waals surface area contributed by atoms with Crippen LogP contribution in [0.25, 0.3) is 11.3 Å². The number of benzene rings is 1. The normalized spacial score (nSPS) is 15.1. The Bertz CT molecular complexity index is 1100. The maximum absolute atomic E-state index is 13.4. The van der Waals surface area contributed by atoms with E-state index in [-0.39, 0.29) is 16.9 Å². The molecule has 3 heterocycles. The van der Waals surface area contributed by atoms with Crippen molar-refractivity contribution in [2.24, 2.45) is 0 Å². The van der Waals surface area contributed by atoms with Gasteiger partial charge in [0.25, 0.3) is 11.5 Å². The van der Waals surface area contributed by atoms with E-state index in [9.17, 15) is 14.0 Å². The minimum Gasteiger partial charge on any atom is -0.496 e. The van der Waals surface area contributed by atoms with Crippen molar-refractivity contribution >= 4 is 5.91 Å². The van der Waals surface area contributed by atoms with E-state index >= 15 is 0 Å². The van der Waals surface area contributed by atoms with Crippen molar-refractivity contribution in [3.63, 3.8) is 0 Å². The Morgan fingerprint density at radius 2 is 2.04 bits per heavy atom. The number of aromatic nitrogens is 3. The van der Waals surface area contributed by atoms with Crippen LogP contribution in [-0.4, -0.2) is 27.6 Å². The van der Waals surface area contributed by atoms with Crippen molar-refractivity contribution in [1.29, 1.82) is 0 Å². The summed E-state index contributed by atoms with van der Waals surface area (Å²) in [4.78, 5) is 33.7. The lowest BCUT2D eigenvalue weighted by molar-refractivity contribution is 0.0932. The van der Waals surface area contributed by atoms with Crippen molar-refractivity contribution in [1.82, 2.24) is 19.9 Å². The molecule has 0 saturated carbocycles. The Morgan fingerprint density at radius 3 is 2.79 bits per heavy atom. The molecule has 1 unspecified atom stereocenters. The first-order chi connectivity index (χ1) is 13.6. The van der Waals surface area contributed by atoms with Gasteiger partial charge in [-0.15, -0.1) is 0 Å². The summed E-state index contributed by atoms with van der Waals surface area (Å²) in [5.74, 6) is -0.270. The second-order valence-electron chi connectivity index (χ2n) is 6.38. The zero-order valence-electron chi connectivity index (χ0n) is 15.1. The van der Waals surface area contributed by atoms with Crippen LogP contribution in [-0.2, 0) is 6.54 Å². The second-order valence-corrected chi connectivity index (χ2v) is 6.38. The highest BCUT2D eigenvalue weighted by Crippen LogP contribution is 2.26. The van der Waals surface area contributed by atoms with Crippen LogP contribution in [0, 0.1) is 5.82 Å². The summed E-state index contributed by atoms with van der Waals surface area (Å²) in [6.45, 7) is 0.462. The maximum Gasteiger partial charge on any atom is 0.255 e. The number of hydrogen-bond acceptors (Lipinski definition) is 5. The molecule has 1 aliphatic heterocycles. The van der Waals surface area contributed by atoms with Gasteiger partial charge in [0.1, 0.15) is 17.4 Å². The van der Waals surface area contributed by atoms with Gasteiger partial charge < -0.3 is 10.1 Å². The van der Waals surface area contributed by atoms with Crippen LogP contribution in [0.5, 0.6) is 5.75 Å². The monoisotopic (exact) mass is 380 g/mol. The molecule has 0 saturated heterocycles. The van der Waals surface area contributed by atoms with Crippen LogP contribution in [0.3, 0.4) is 0 Å². The van der Waals surface area contributed by atoms with Crippen molar-refractivity contribution in [2.75, 3.05) is 7.11 Å². The Morgan fingerprint density at radius 1 is 1.25 bits per heavy atom. The van der Waals surface area contributed by atoms with E-state index < -0.39 is 17.8 Å². The van der Waals surface area contributed by atoms with Gasteiger partial charge in [0, 0.05) is 36.6 Å². The van der Waals surface area contributed by atoms with E-state index in [4.69, 9.17) is 4.74 Å². The lowest BCUT2D eigenvalue weighted by Crippen LogP contribution is -2.29. The van der Waals surface area contributed by atoms with Crippen LogP contribution >= 0.6 is 0 Å². The molecule has 1 atom stereocenters. The SMILES string of the molecule is COc1cc(F)ccc1C(=O)NC1CCn2c1nc(-c1ccncc1)cc2=O. The van der Waals surface area contributed by atoms with Gasteiger partial charge in [-0.05, 0) is 30.7 Å². The minimum absolute atomic E-state index is 0.145. The summed E-state index contributed by atoms with van der Waals surface area (Å²) in [5.41, 5.74) is 1.34. The number of ether oxygens (including phenoxy) is 1. The first-order valence-corrected chi connectivity index (χ1v) is 8.73. The molecule has 7 nitrogen and oxygen atoms in total. The largest absolute Gasteiger partial charge is 0.496 e. The number of halogens is 1. The smallest absolute Gasteiger partial charge is 0.255 e. The zero-order chi connectivity index (χ0) is 19.7. The van der Waals surface area contributed by atoms with Gasteiger partial charge in [0.15, 0.2) is 0 Å². The molecule has 1 N–H and O–H groups in total. The average molecular weight is 380 g/mol. The summed E-state index contributed by atoms with van der Waals surface area (Å²) in [5, 5.41) is 2.88. The fraction of sp³-hybridized carbons (Fsp3) is 0.200. The first kappa shape index (κ1) is 17.8. The molecule has 142 valence electrons. The summed E-state index contributed by atoms with van der Waals surface area (Å²) < 4.78 is 20.0. The molecule has 2 aromatic heterocycles. The van der Waals surface area contributed by atoms with Crippen LogP contribution in [0.2, 0.25) is 0 Å². The third-order valence-electron chi connectivity index (χ3n) is 4.68. The van der Waals surface area contributed by atoms with Crippen molar-refractivity contribution < 1.29 is 13.9 Å². The maximum atomic E-state index is 13.4. The van der Waals surface area contributed by atoms with Crippen molar-refractivity contribution in [3.05, 3.63) is 76.4 Å². The summed E-state index contributed by atoms with van der Waals surface area (Å²) in [7, 11) is 1.37. The van der Waals surface area contributed by atoms with Gasteiger partial charge in [-0.2, -0.15) is 0 Å². The third kappa shape index (κ3) is 3.24. The Labute approximate surface area is 159 Å².